The summed E-state index contributed by atoms with van der Waals surface area (Å²) in [6.07, 6.45) is 4.20. The SMILES string of the molecule is Cc1sc(NC(=O)C2CC=CCC2C(=O)[O-])c(C#N)c1-c1ccccc1. The van der Waals surface area contributed by atoms with Gasteiger partial charge in [0.2, 0.25) is 5.91 Å². The first-order valence-electron chi connectivity index (χ1n) is 8.28. The highest BCUT2D eigenvalue weighted by Crippen LogP contribution is 2.40. The zero-order valence-electron chi connectivity index (χ0n) is 14.2. The molecule has 0 bridgehead atoms. The molecule has 1 heterocycles. The van der Waals surface area contributed by atoms with E-state index in [1.54, 1.807) is 6.08 Å². The Bertz CT molecular complexity index is 909. The number of thiophene rings is 1. The Kier molecular flexibility index (Phi) is 5.19. The summed E-state index contributed by atoms with van der Waals surface area (Å²) < 4.78 is 0. The van der Waals surface area contributed by atoms with Crippen LogP contribution < -0.4 is 10.4 Å². The van der Waals surface area contributed by atoms with E-state index >= 15 is 0 Å². The Morgan fingerprint density at radius 1 is 1.19 bits per heavy atom. The van der Waals surface area contributed by atoms with Gasteiger partial charge in [-0.3, -0.25) is 4.79 Å². The predicted octanol–water partition coefficient (Wildman–Crippen LogP) is 2.87. The number of carboxylic acids is 1. The fourth-order valence-electron chi connectivity index (χ4n) is 3.26. The van der Waals surface area contributed by atoms with E-state index in [4.69, 9.17) is 0 Å². The Morgan fingerprint density at radius 3 is 2.46 bits per heavy atom. The number of nitriles is 1. The van der Waals surface area contributed by atoms with Crippen molar-refractivity contribution in [3.8, 4) is 17.2 Å². The molecular formula is C20H17N2O3S-. The van der Waals surface area contributed by atoms with Crippen LogP contribution in [0.2, 0.25) is 0 Å². The number of carboxylic acid groups (broad SMARTS) is 1. The molecule has 1 aromatic carbocycles. The zero-order chi connectivity index (χ0) is 18.7. The molecule has 0 spiro atoms. The van der Waals surface area contributed by atoms with Crippen LogP contribution in [0.4, 0.5) is 5.00 Å². The maximum atomic E-state index is 12.7. The minimum atomic E-state index is -1.22. The molecule has 0 radical (unpaired) electrons. The van der Waals surface area contributed by atoms with Gasteiger partial charge in [-0.25, -0.2) is 0 Å². The van der Waals surface area contributed by atoms with Crippen molar-refractivity contribution in [1.82, 2.24) is 0 Å². The number of allylic oxidation sites excluding steroid dienone is 2. The number of benzene rings is 1. The lowest BCUT2D eigenvalue weighted by Crippen LogP contribution is -2.41. The van der Waals surface area contributed by atoms with E-state index in [1.807, 2.05) is 43.3 Å². The lowest BCUT2D eigenvalue weighted by Gasteiger charge is -2.28. The first kappa shape index (κ1) is 17.9. The fourth-order valence-corrected chi connectivity index (χ4v) is 4.29. The number of rotatable bonds is 4. The molecule has 2 atom stereocenters. The second-order valence-corrected chi connectivity index (χ2v) is 7.40. The van der Waals surface area contributed by atoms with Crippen LogP contribution in [-0.2, 0) is 9.59 Å². The molecule has 5 nitrogen and oxygen atoms in total. The number of carbonyl (C=O) groups is 2. The van der Waals surface area contributed by atoms with Crippen molar-refractivity contribution < 1.29 is 14.7 Å². The van der Waals surface area contributed by atoms with E-state index in [0.29, 0.717) is 17.0 Å². The number of amides is 1. The molecule has 0 aliphatic heterocycles. The highest BCUT2D eigenvalue weighted by molar-refractivity contribution is 7.17. The third-order valence-electron chi connectivity index (χ3n) is 4.57. The molecule has 0 saturated heterocycles. The van der Waals surface area contributed by atoms with E-state index in [-0.39, 0.29) is 12.3 Å². The minimum absolute atomic E-state index is 0.282. The van der Waals surface area contributed by atoms with Gasteiger partial charge in [0.15, 0.2) is 0 Å². The van der Waals surface area contributed by atoms with Crippen molar-refractivity contribution in [2.24, 2.45) is 11.8 Å². The van der Waals surface area contributed by atoms with E-state index in [9.17, 15) is 20.0 Å². The van der Waals surface area contributed by atoms with E-state index in [2.05, 4.69) is 11.4 Å². The van der Waals surface area contributed by atoms with Crippen LogP contribution in [0.25, 0.3) is 11.1 Å². The molecule has 2 aromatic rings. The summed E-state index contributed by atoms with van der Waals surface area (Å²) >= 11 is 1.33. The van der Waals surface area contributed by atoms with Crippen LogP contribution in [0.15, 0.2) is 42.5 Å². The van der Waals surface area contributed by atoms with Crippen molar-refractivity contribution in [3.63, 3.8) is 0 Å². The second-order valence-electron chi connectivity index (χ2n) is 6.18. The van der Waals surface area contributed by atoms with Crippen LogP contribution in [-0.4, -0.2) is 11.9 Å². The summed E-state index contributed by atoms with van der Waals surface area (Å²) in [7, 11) is 0. The van der Waals surface area contributed by atoms with Gasteiger partial charge >= 0.3 is 0 Å². The van der Waals surface area contributed by atoms with Gasteiger partial charge in [0.25, 0.3) is 0 Å². The molecule has 1 aliphatic carbocycles. The molecule has 2 unspecified atom stereocenters. The smallest absolute Gasteiger partial charge is 0.229 e. The molecule has 1 aromatic heterocycles. The molecule has 0 fully saturated rings. The summed E-state index contributed by atoms with van der Waals surface area (Å²) in [6, 6.07) is 11.7. The lowest BCUT2D eigenvalue weighted by molar-refractivity contribution is -0.313. The molecule has 1 amide bonds. The van der Waals surface area contributed by atoms with E-state index < -0.39 is 17.8 Å². The molecule has 3 rings (SSSR count). The Labute approximate surface area is 155 Å². The number of hydrogen-bond donors (Lipinski definition) is 1. The highest BCUT2D eigenvalue weighted by Gasteiger charge is 2.31. The van der Waals surface area contributed by atoms with Crippen molar-refractivity contribution in [2.45, 2.75) is 19.8 Å². The molecule has 26 heavy (non-hydrogen) atoms. The summed E-state index contributed by atoms with van der Waals surface area (Å²) in [5, 5.41) is 24.2. The van der Waals surface area contributed by atoms with Crippen molar-refractivity contribution >= 4 is 28.2 Å². The average molecular weight is 365 g/mol. The third kappa shape index (κ3) is 3.39. The number of carbonyl (C=O) groups excluding carboxylic acids is 2. The molecule has 0 saturated carbocycles. The van der Waals surface area contributed by atoms with Crippen LogP contribution in [0.5, 0.6) is 0 Å². The van der Waals surface area contributed by atoms with Gasteiger partial charge in [-0.1, -0.05) is 42.5 Å². The molecule has 1 aliphatic rings. The van der Waals surface area contributed by atoms with Gasteiger partial charge in [0.05, 0.1) is 11.5 Å². The predicted molar refractivity (Wildman–Crippen MR) is 98.2 cm³/mol. The maximum absolute atomic E-state index is 12.7. The first-order chi connectivity index (χ1) is 12.5. The van der Waals surface area contributed by atoms with Crippen molar-refractivity contribution in [3.05, 3.63) is 52.9 Å². The largest absolute Gasteiger partial charge is 0.550 e. The second kappa shape index (κ2) is 7.54. The van der Waals surface area contributed by atoms with Crippen LogP contribution >= 0.6 is 11.3 Å². The third-order valence-corrected chi connectivity index (χ3v) is 5.59. The molecule has 1 N–H and O–H groups in total. The van der Waals surface area contributed by atoms with Crippen LogP contribution in [0.1, 0.15) is 23.3 Å². The number of aryl methyl sites for hydroxylation is 1. The topological polar surface area (TPSA) is 93.0 Å². The zero-order valence-corrected chi connectivity index (χ0v) is 15.0. The summed E-state index contributed by atoms with van der Waals surface area (Å²) in [5.74, 6) is -3.15. The normalized spacial score (nSPS) is 18.9. The van der Waals surface area contributed by atoms with Gasteiger partial charge in [-0.15, -0.1) is 11.3 Å². The first-order valence-corrected chi connectivity index (χ1v) is 9.10. The minimum Gasteiger partial charge on any atom is -0.550 e. The van der Waals surface area contributed by atoms with Gasteiger partial charge in [0.1, 0.15) is 11.1 Å². The molecular weight excluding hydrogens is 348 g/mol. The Morgan fingerprint density at radius 2 is 1.85 bits per heavy atom. The maximum Gasteiger partial charge on any atom is 0.229 e. The Balaban J connectivity index is 1.91. The number of hydrogen-bond acceptors (Lipinski definition) is 5. The molecule has 132 valence electrons. The van der Waals surface area contributed by atoms with Crippen LogP contribution in [0.3, 0.4) is 0 Å². The average Bonchev–Trinajstić information content (AvgIpc) is 2.97. The van der Waals surface area contributed by atoms with Gasteiger partial charge in [-0.05, 0) is 25.3 Å². The monoisotopic (exact) mass is 365 g/mol. The number of aliphatic carboxylic acids is 1. The fraction of sp³-hybridized carbons (Fsp3) is 0.250. The summed E-state index contributed by atoms with van der Waals surface area (Å²) in [4.78, 5) is 24.9. The summed E-state index contributed by atoms with van der Waals surface area (Å²) in [5.41, 5.74) is 2.11. The van der Waals surface area contributed by atoms with Gasteiger partial charge in [-0.2, -0.15) is 5.26 Å². The van der Waals surface area contributed by atoms with Crippen molar-refractivity contribution in [2.75, 3.05) is 5.32 Å². The highest BCUT2D eigenvalue weighted by atomic mass is 32.1. The van der Waals surface area contributed by atoms with Crippen molar-refractivity contribution in [1.29, 1.82) is 5.26 Å². The molecule has 6 heteroatoms. The van der Waals surface area contributed by atoms with Gasteiger partial charge in [0, 0.05) is 22.3 Å². The van der Waals surface area contributed by atoms with Gasteiger partial charge < -0.3 is 15.2 Å². The number of anilines is 1. The quantitative estimate of drug-likeness (QED) is 0.843. The van der Waals surface area contributed by atoms with E-state index in [0.717, 1.165) is 16.0 Å². The standard InChI is InChI=1S/C20H18N2O3S/c1-12-17(13-7-3-2-4-8-13)16(11-21)19(26-12)22-18(23)14-9-5-6-10-15(14)20(24)25/h2-8,14-15H,9-10H2,1H3,(H,22,23)(H,24,25)/p-1. The van der Waals surface area contributed by atoms with E-state index in [1.165, 1.54) is 11.3 Å². The van der Waals surface area contributed by atoms with Crippen LogP contribution in [0, 0.1) is 30.1 Å². The lowest BCUT2D eigenvalue weighted by atomic mass is 9.82. The summed E-state index contributed by atoms with van der Waals surface area (Å²) in [6.45, 7) is 1.90. The Hall–Kier alpha value is -2.91. The number of nitrogens with zero attached hydrogens (tertiary/aromatic N) is 1. The number of nitrogens with one attached hydrogen (secondary N) is 1.